The molecule has 0 unspecified atom stereocenters. The number of benzene rings is 2. The monoisotopic (exact) mass is 405 g/mol. The van der Waals surface area contributed by atoms with Gasteiger partial charge in [-0.15, -0.1) is 5.10 Å². The first-order chi connectivity index (χ1) is 14.2. The van der Waals surface area contributed by atoms with Crippen molar-refractivity contribution in [3.8, 4) is 11.8 Å². The summed E-state index contributed by atoms with van der Waals surface area (Å²) in [6.07, 6.45) is 0. The lowest BCUT2D eigenvalue weighted by molar-refractivity contribution is -0.115. The molecule has 7 nitrogen and oxygen atoms in total. The summed E-state index contributed by atoms with van der Waals surface area (Å²) in [5.74, 6) is 1.12. The summed E-state index contributed by atoms with van der Waals surface area (Å²) in [7, 11) is 1.63. The van der Waals surface area contributed by atoms with Gasteiger partial charge in [-0.25, -0.2) is 0 Å². The summed E-state index contributed by atoms with van der Waals surface area (Å²) < 4.78 is 5.20. The van der Waals surface area contributed by atoms with E-state index in [1.54, 1.807) is 12.0 Å². The molecule has 1 amide bonds. The van der Waals surface area contributed by atoms with Crippen LogP contribution in [0.5, 0.6) is 5.75 Å². The second kappa shape index (κ2) is 8.29. The number of nitriles is 1. The lowest BCUT2D eigenvalue weighted by atomic mass is 10.2. The number of rotatable bonds is 5. The van der Waals surface area contributed by atoms with Crippen LogP contribution >= 0.6 is 11.8 Å². The first-order valence-electron chi connectivity index (χ1n) is 9.05. The zero-order valence-electron chi connectivity index (χ0n) is 15.8. The topological polar surface area (TPSA) is 81.0 Å². The number of carbonyl (C=O) groups excluding carboxylic acids is 1. The van der Waals surface area contributed by atoms with E-state index in [0.717, 1.165) is 22.8 Å². The van der Waals surface area contributed by atoms with Gasteiger partial charge >= 0.3 is 0 Å². The standard InChI is InChI=1S/C21H19N5O2S/c1-28-18-9-7-16(8-10-18)25-12-15(11-22)19(13-25)23-24-21-26(20(27)14-29-21)17-5-3-2-4-6-17/h2-10,23H,12-14H2,1H3. The molecule has 1 N–H and O–H groups in total. The largest absolute Gasteiger partial charge is 0.497 e. The van der Waals surface area contributed by atoms with Crippen LogP contribution in [0.2, 0.25) is 0 Å². The number of anilines is 2. The van der Waals surface area contributed by atoms with Crippen molar-refractivity contribution >= 4 is 34.2 Å². The second-order valence-electron chi connectivity index (χ2n) is 6.48. The Morgan fingerprint density at radius 3 is 2.55 bits per heavy atom. The highest BCUT2D eigenvalue weighted by Crippen LogP contribution is 2.28. The Morgan fingerprint density at radius 1 is 1.10 bits per heavy atom. The van der Waals surface area contributed by atoms with Crippen molar-refractivity contribution in [3.05, 3.63) is 65.9 Å². The predicted octanol–water partition coefficient (Wildman–Crippen LogP) is 2.93. The van der Waals surface area contributed by atoms with Crippen molar-refractivity contribution in [2.45, 2.75) is 0 Å². The van der Waals surface area contributed by atoms with Crippen LogP contribution in [0.15, 0.2) is 71.0 Å². The smallest absolute Gasteiger partial charge is 0.243 e. The van der Waals surface area contributed by atoms with Gasteiger partial charge in [0, 0.05) is 5.69 Å². The Hall–Kier alpha value is -3.44. The van der Waals surface area contributed by atoms with Gasteiger partial charge in [0.25, 0.3) is 0 Å². The fourth-order valence-corrected chi connectivity index (χ4v) is 4.03. The predicted molar refractivity (Wildman–Crippen MR) is 115 cm³/mol. The first kappa shape index (κ1) is 18.9. The lowest BCUT2D eigenvalue weighted by Gasteiger charge is -2.19. The molecule has 0 radical (unpaired) electrons. The molecular weight excluding hydrogens is 386 g/mol. The van der Waals surface area contributed by atoms with Crippen LogP contribution in [-0.4, -0.2) is 37.0 Å². The summed E-state index contributed by atoms with van der Waals surface area (Å²) in [6.45, 7) is 1.04. The van der Waals surface area contributed by atoms with Crippen molar-refractivity contribution in [2.75, 3.05) is 35.8 Å². The molecule has 2 aliphatic rings. The fraction of sp³-hybridized carbons (Fsp3) is 0.190. The van der Waals surface area contributed by atoms with Gasteiger partial charge in [0.2, 0.25) is 5.91 Å². The average molecular weight is 405 g/mol. The van der Waals surface area contributed by atoms with E-state index in [-0.39, 0.29) is 5.91 Å². The minimum atomic E-state index is -0.0116. The molecule has 4 rings (SSSR count). The molecule has 1 saturated heterocycles. The Balaban J connectivity index is 1.50. The molecule has 0 bridgehead atoms. The summed E-state index contributed by atoms with van der Waals surface area (Å²) in [5.41, 5.74) is 6.18. The van der Waals surface area contributed by atoms with Crippen molar-refractivity contribution in [1.29, 1.82) is 5.26 Å². The van der Waals surface area contributed by atoms with E-state index >= 15 is 0 Å². The molecule has 0 aliphatic carbocycles. The van der Waals surface area contributed by atoms with E-state index < -0.39 is 0 Å². The van der Waals surface area contributed by atoms with Crippen LogP contribution in [0.25, 0.3) is 0 Å². The lowest BCUT2D eigenvalue weighted by Crippen LogP contribution is -2.30. The number of hydrogen-bond donors (Lipinski definition) is 1. The Kier molecular flexibility index (Phi) is 5.40. The van der Waals surface area contributed by atoms with Crippen LogP contribution in [-0.2, 0) is 4.79 Å². The number of amides is 1. The van der Waals surface area contributed by atoms with Gasteiger partial charge in [-0.1, -0.05) is 30.0 Å². The number of hydrogen-bond acceptors (Lipinski definition) is 7. The highest BCUT2D eigenvalue weighted by atomic mass is 32.2. The van der Waals surface area contributed by atoms with Gasteiger partial charge in [0.05, 0.1) is 49.0 Å². The fourth-order valence-electron chi connectivity index (χ4n) is 3.20. The van der Waals surface area contributed by atoms with Crippen LogP contribution in [0.4, 0.5) is 11.4 Å². The molecule has 0 spiro atoms. The third kappa shape index (κ3) is 3.91. The van der Waals surface area contributed by atoms with Crippen molar-refractivity contribution in [3.63, 3.8) is 0 Å². The number of carbonyl (C=O) groups is 1. The van der Waals surface area contributed by atoms with Crippen LogP contribution in [0.1, 0.15) is 0 Å². The van der Waals surface area contributed by atoms with Crippen LogP contribution < -0.4 is 20.0 Å². The third-order valence-corrected chi connectivity index (χ3v) is 5.62. The maximum Gasteiger partial charge on any atom is 0.243 e. The van der Waals surface area contributed by atoms with Gasteiger partial charge in [-0.05, 0) is 36.4 Å². The van der Waals surface area contributed by atoms with Crippen molar-refractivity contribution in [2.24, 2.45) is 5.10 Å². The van der Waals surface area contributed by atoms with E-state index in [2.05, 4.69) is 21.5 Å². The van der Waals surface area contributed by atoms with E-state index in [0.29, 0.717) is 29.6 Å². The molecule has 2 heterocycles. The first-order valence-corrected chi connectivity index (χ1v) is 10.0. The van der Waals surface area contributed by atoms with Crippen molar-refractivity contribution in [1.82, 2.24) is 5.43 Å². The molecular formula is C21H19N5O2S. The number of nitrogens with one attached hydrogen (secondary N) is 1. The van der Waals surface area contributed by atoms with Gasteiger partial charge in [0.1, 0.15) is 5.75 Å². The summed E-state index contributed by atoms with van der Waals surface area (Å²) in [4.78, 5) is 16.0. The number of nitrogens with zero attached hydrogens (tertiary/aromatic N) is 4. The minimum absolute atomic E-state index is 0.0116. The Labute approximate surface area is 173 Å². The number of amidine groups is 1. The summed E-state index contributed by atoms with van der Waals surface area (Å²) in [5, 5.41) is 14.6. The number of para-hydroxylation sites is 1. The molecule has 0 saturated carbocycles. The summed E-state index contributed by atoms with van der Waals surface area (Å²) in [6, 6.07) is 19.4. The highest BCUT2D eigenvalue weighted by molar-refractivity contribution is 8.15. The van der Waals surface area contributed by atoms with Crippen LogP contribution in [0, 0.1) is 11.3 Å². The molecule has 2 aromatic rings. The number of hydrazone groups is 1. The van der Waals surface area contributed by atoms with Gasteiger partial charge in [0.15, 0.2) is 5.17 Å². The van der Waals surface area contributed by atoms with Gasteiger partial charge in [-0.2, -0.15) is 5.26 Å². The van der Waals surface area contributed by atoms with E-state index in [1.807, 2.05) is 54.6 Å². The van der Waals surface area contributed by atoms with Crippen LogP contribution in [0.3, 0.4) is 0 Å². The maximum absolute atomic E-state index is 12.3. The molecule has 8 heteroatoms. The van der Waals surface area contributed by atoms with E-state index in [1.165, 1.54) is 11.8 Å². The second-order valence-corrected chi connectivity index (χ2v) is 7.43. The number of methoxy groups -OCH3 is 1. The Bertz CT molecular complexity index is 1010. The number of ether oxygens (including phenoxy) is 1. The summed E-state index contributed by atoms with van der Waals surface area (Å²) >= 11 is 1.38. The van der Waals surface area contributed by atoms with Gasteiger partial charge < -0.3 is 9.64 Å². The normalized spacial score (nSPS) is 17.8. The molecule has 0 atom stereocenters. The number of thioether (sulfide) groups is 1. The third-order valence-electron chi connectivity index (χ3n) is 4.70. The average Bonchev–Trinajstić information content (AvgIpc) is 3.36. The molecule has 2 aromatic carbocycles. The molecule has 0 aromatic heterocycles. The van der Waals surface area contributed by atoms with E-state index in [4.69, 9.17) is 4.74 Å². The van der Waals surface area contributed by atoms with E-state index in [9.17, 15) is 10.1 Å². The van der Waals surface area contributed by atoms with Gasteiger partial charge in [-0.3, -0.25) is 15.1 Å². The quantitative estimate of drug-likeness (QED) is 0.771. The highest BCUT2D eigenvalue weighted by Gasteiger charge is 2.30. The zero-order valence-corrected chi connectivity index (χ0v) is 16.6. The molecule has 29 heavy (non-hydrogen) atoms. The minimum Gasteiger partial charge on any atom is -0.497 e. The Morgan fingerprint density at radius 2 is 1.86 bits per heavy atom. The molecule has 146 valence electrons. The zero-order chi connectivity index (χ0) is 20.2. The SMILES string of the molecule is COc1ccc(N2CC(C#N)=C(NN=C3SCC(=O)N3c3ccccc3)C2)cc1. The van der Waals surface area contributed by atoms with Crippen molar-refractivity contribution < 1.29 is 9.53 Å². The molecule has 1 fully saturated rings. The molecule has 2 aliphatic heterocycles. The maximum atomic E-state index is 12.3.